The molecule has 0 bridgehead atoms. The summed E-state index contributed by atoms with van der Waals surface area (Å²) in [4.78, 5) is 18.9. The van der Waals surface area contributed by atoms with E-state index in [1.807, 2.05) is 69.3 Å². The first-order valence-electron chi connectivity index (χ1n) is 12.8. The number of allylic oxidation sites excluding steroid dienone is 1. The lowest BCUT2D eigenvalue weighted by Crippen LogP contribution is -2.24. The maximum Gasteiger partial charge on any atom is 0.364 e. The van der Waals surface area contributed by atoms with Crippen LogP contribution in [0.3, 0.4) is 0 Å². The van der Waals surface area contributed by atoms with Crippen molar-refractivity contribution < 1.29 is 22.2 Å². The van der Waals surface area contributed by atoms with Gasteiger partial charge in [-0.3, -0.25) is 4.79 Å². The van der Waals surface area contributed by atoms with Crippen LogP contribution in [-0.4, -0.2) is 24.7 Å². The highest BCUT2D eigenvalue weighted by Crippen LogP contribution is 2.38. The predicted molar refractivity (Wildman–Crippen MR) is 157 cm³/mol. The molecule has 0 aliphatic heterocycles. The first kappa shape index (κ1) is 27.3. The van der Waals surface area contributed by atoms with Gasteiger partial charge in [-0.2, -0.15) is 13.2 Å². The zero-order chi connectivity index (χ0) is 28.4. The Labute approximate surface area is 237 Å². The Morgan fingerprint density at radius 3 is 1.90 bits per heavy atom. The Morgan fingerprint density at radius 1 is 0.800 bits per heavy atom. The molecule has 8 heteroatoms. The first-order valence-corrected chi connectivity index (χ1v) is 15.4. The number of nitrogens with zero attached hydrogens (tertiary/aromatic N) is 2. The van der Waals surface area contributed by atoms with Gasteiger partial charge in [0.2, 0.25) is 0 Å². The normalized spacial score (nSPS) is 13.1. The van der Waals surface area contributed by atoms with Crippen molar-refractivity contribution in [1.29, 1.82) is 0 Å². The van der Waals surface area contributed by atoms with E-state index in [2.05, 4.69) is 29.1 Å². The molecule has 0 aromatic heterocycles. The number of Topliss-reactive ketones (excluding diaryl/α,β-unsaturated/α-hetero) is 1. The lowest BCUT2D eigenvalue weighted by Gasteiger charge is -2.18. The van der Waals surface area contributed by atoms with E-state index in [1.54, 1.807) is 18.2 Å². The smallest absolute Gasteiger partial charge is 0.364 e. The van der Waals surface area contributed by atoms with Crippen molar-refractivity contribution in [3.05, 3.63) is 130 Å². The van der Waals surface area contributed by atoms with Gasteiger partial charge in [0, 0.05) is 23.3 Å². The number of aryl methyl sites for hydroxylation is 3. The van der Waals surface area contributed by atoms with Crippen molar-refractivity contribution in [2.75, 3.05) is 0 Å². The Kier molecular flexibility index (Phi) is 7.59. The lowest BCUT2D eigenvalue weighted by molar-refractivity contribution is -0.00437. The van der Waals surface area contributed by atoms with E-state index in [4.69, 9.17) is 4.18 Å². The summed E-state index contributed by atoms with van der Waals surface area (Å²) in [5.41, 5.74) is 11.6. The van der Waals surface area contributed by atoms with Crippen LogP contribution in [0.4, 0.5) is 0 Å². The number of hydrogen-bond donors (Lipinski definition) is 0. The van der Waals surface area contributed by atoms with Gasteiger partial charge >= 0.3 is 15.8 Å². The number of hydrogen-bond acceptors (Lipinski definition) is 4. The predicted octanol–water partition coefficient (Wildman–Crippen LogP) is 6.58. The highest BCUT2D eigenvalue weighted by Gasteiger charge is 2.37. The number of rotatable bonds is 7. The molecule has 0 radical (unpaired) electrons. The minimum atomic E-state index is -4.40. The van der Waals surface area contributed by atoms with Gasteiger partial charge in [0.15, 0.2) is 14.7 Å². The Bertz CT molecular complexity index is 1750. The zero-order valence-electron chi connectivity index (χ0n) is 22.3. The highest BCUT2D eigenvalue weighted by molar-refractivity contribution is 7.97. The monoisotopic (exact) mass is 567 g/mol. The molecule has 0 fully saturated rings. The van der Waals surface area contributed by atoms with Crippen molar-refractivity contribution in [3.8, 4) is 5.75 Å². The fraction of sp³-hybridized carbons (Fsp3) is 0.125. The van der Waals surface area contributed by atoms with E-state index in [0.29, 0.717) is 17.5 Å². The van der Waals surface area contributed by atoms with E-state index in [9.17, 15) is 18.7 Å². The van der Waals surface area contributed by atoms with Gasteiger partial charge in [-0.05, 0) is 73.4 Å². The van der Waals surface area contributed by atoms with E-state index >= 15 is 0 Å². The number of ketones is 1. The van der Waals surface area contributed by atoms with Crippen LogP contribution in [0.2, 0.25) is 0 Å². The molecule has 0 amide bonds. The molecule has 6 nitrogen and oxygen atoms in total. The summed E-state index contributed by atoms with van der Waals surface area (Å²) in [6.45, 7) is 5.58. The molecule has 1 aliphatic rings. The summed E-state index contributed by atoms with van der Waals surface area (Å²) < 4.78 is 33.2. The van der Waals surface area contributed by atoms with Crippen LogP contribution in [0.25, 0.3) is 10.4 Å². The third-order valence-electron chi connectivity index (χ3n) is 6.70. The molecule has 0 saturated heterocycles. The summed E-state index contributed by atoms with van der Waals surface area (Å²) in [7, 11) is -4.82. The van der Waals surface area contributed by atoms with Crippen LogP contribution in [0.15, 0.2) is 112 Å². The second-order valence-corrected chi connectivity index (χ2v) is 13.0. The molecule has 0 N–H and O–H groups in total. The standard InChI is InChI=1S/C32H27N2O4S2/c1-4-23-15-16-27-28(19-23)30(20-29(34-33)31(27)35)40(36,37)38-32-21(2)17-26(18-22(32)3)39(24-11-7-5-8-12-24)25-13-9-6-10-14-25/h5-20H,4H2,1-3H3/q+1. The minimum Gasteiger partial charge on any atom is -0.378 e. The SMILES string of the molecule is CCc1ccc2c(c1)C(S(=O)(=O)Oc1c(C)cc([S+](c3ccccc3)c3ccccc3)cc1C)=CC(=[N+]=[N-])C2=O. The molecule has 1 aliphatic carbocycles. The number of carbonyl (C=O) groups is 1. The van der Waals surface area contributed by atoms with Crippen LogP contribution in [0.1, 0.15) is 39.5 Å². The van der Waals surface area contributed by atoms with Gasteiger partial charge in [0.25, 0.3) is 5.78 Å². The second kappa shape index (κ2) is 11.1. The summed E-state index contributed by atoms with van der Waals surface area (Å²) in [5, 5.41) is 0. The molecule has 0 heterocycles. The topological polar surface area (TPSA) is 96.8 Å². The third kappa shape index (κ3) is 5.17. The number of fused-ring (bicyclic) bond motifs is 1. The van der Waals surface area contributed by atoms with Gasteiger partial charge in [-0.25, -0.2) is 0 Å². The molecule has 200 valence electrons. The quantitative estimate of drug-likeness (QED) is 0.109. The summed E-state index contributed by atoms with van der Waals surface area (Å²) in [6, 6.07) is 29.3. The van der Waals surface area contributed by atoms with Gasteiger partial charge in [-0.1, -0.05) is 49.4 Å². The average Bonchev–Trinajstić information content (AvgIpc) is 2.96. The maximum atomic E-state index is 13.7. The van der Waals surface area contributed by atoms with Crippen molar-refractivity contribution in [2.24, 2.45) is 0 Å². The fourth-order valence-corrected chi connectivity index (χ4v) is 8.27. The molecular formula is C32H27N2O4S2+. The Hall–Kier alpha value is -4.23. The molecule has 5 rings (SSSR count). The van der Waals surface area contributed by atoms with Gasteiger partial charge in [0.05, 0.1) is 17.0 Å². The molecule has 0 spiro atoms. The van der Waals surface area contributed by atoms with E-state index in [0.717, 1.165) is 26.3 Å². The van der Waals surface area contributed by atoms with Gasteiger partial charge in [-0.15, -0.1) is 0 Å². The molecule has 4 aromatic carbocycles. The minimum absolute atomic E-state index is 0.147. The fourth-order valence-electron chi connectivity index (χ4n) is 4.74. The highest BCUT2D eigenvalue weighted by atomic mass is 32.2. The van der Waals surface area contributed by atoms with Gasteiger partial charge in [0.1, 0.15) is 10.7 Å². The van der Waals surface area contributed by atoms with E-state index in [-0.39, 0.29) is 27.5 Å². The summed E-state index contributed by atoms with van der Waals surface area (Å²) in [6.07, 6.45) is 1.72. The van der Waals surface area contributed by atoms with E-state index < -0.39 is 26.8 Å². The summed E-state index contributed by atoms with van der Waals surface area (Å²) in [5.74, 6) is -0.327. The van der Waals surface area contributed by atoms with Crippen molar-refractivity contribution in [2.45, 2.75) is 41.9 Å². The average molecular weight is 568 g/mol. The van der Waals surface area contributed by atoms with Crippen LogP contribution in [0.5, 0.6) is 5.75 Å². The summed E-state index contributed by atoms with van der Waals surface area (Å²) >= 11 is 0. The molecule has 40 heavy (non-hydrogen) atoms. The van der Waals surface area contributed by atoms with E-state index in [1.165, 1.54) is 0 Å². The molecule has 0 unspecified atom stereocenters. The van der Waals surface area contributed by atoms with Crippen molar-refractivity contribution in [3.63, 3.8) is 0 Å². The lowest BCUT2D eigenvalue weighted by atomic mass is 9.92. The Balaban J connectivity index is 1.58. The van der Waals surface area contributed by atoms with Crippen LogP contribution in [0, 0.1) is 13.8 Å². The molecule has 0 atom stereocenters. The van der Waals surface area contributed by atoms with Crippen molar-refractivity contribution in [1.82, 2.24) is 0 Å². The Morgan fingerprint density at radius 2 is 1.38 bits per heavy atom. The van der Waals surface area contributed by atoms with Crippen LogP contribution < -0.4 is 4.18 Å². The molecule has 4 aromatic rings. The number of carbonyl (C=O) groups excluding carboxylic acids is 1. The van der Waals surface area contributed by atoms with Crippen LogP contribution in [-0.2, 0) is 27.4 Å². The second-order valence-electron chi connectivity index (χ2n) is 9.41. The first-order chi connectivity index (χ1) is 19.2. The van der Waals surface area contributed by atoms with Crippen molar-refractivity contribution >= 4 is 37.4 Å². The van der Waals surface area contributed by atoms with Crippen LogP contribution >= 0.6 is 0 Å². The maximum absolute atomic E-state index is 13.7. The third-order valence-corrected chi connectivity index (χ3v) is 10.2. The molecule has 0 saturated carbocycles. The van der Waals surface area contributed by atoms with Gasteiger partial charge < -0.3 is 9.71 Å². The number of benzene rings is 4. The zero-order valence-corrected chi connectivity index (χ0v) is 23.9. The molecular weight excluding hydrogens is 540 g/mol. The largest absolute Gasteiger partial charge is 0.378 e.